The SMILES string of the molecule is COCCN(Cc1ccccc1)C(=O)CN1CCc2cc(OC)c(OC)cc2[C@H]1c1cccs1. The van der Waals surface area contributed by atoms with E-state index in [4.69, 9.17) is 14.2 Å². The number of benzene rings is 2. The lowest BCUT2D eigenvalue weighted by atomic mass is 9.90. The van der Waals surface area contributed by atoms with Crippen LogP contribution in [0.25, 0.3) is 0 Å². The van der Waals surface area contributed by atoms with E-state index in [1.807, 2.05) is 23.1 Å². The Morgan fingerprint density at radius 1 is 1.06 bits per heavy atom. The summed E-state index contributed by atoms with van der Waals surface area (Å²) < 4.78 is 16.4. The molecule has 3 aromatic rings. The molecule has 34 heavy (non-hydrogen) atoms. The Balaban J connectivity index is 1.61. The molecule has 2 aromatic carbocycles. The first kappa shape index (κ1) is 24.3. The molecule has 1 aromatic heterocycles. The van der Waals surface area contributed by atoms with Gasteiger partial charge in [-0.2, -0.15) is 0 Å². The normalized spacial score (nSPS) is 15.6. The number of hydrogen-bond donors (Lipinski definition) is 0. The minimum atomic E-state index is -0.00601. The van der Waals surface area contributed by atoms with Crippen LogP contribution in [0.4, 0.5) is 0 Å². The van der Waals surface area contributed by atoms with E-state index in [0.717, 1.165) is 24.3 Å². The van der Waals surface area contributed by atoms with E-state index in [2.05, 4.69) is 46.7 Å². The van der Waals surface area contributed by atoms with Crippen molar-refractivity contribution in [2.45, 2.75) is 19.0 Å². The lowest BCUT2D eigenvalue weighted by Crippen LogP contribution is -2.45. The van der Waals surface area contributed by atoms with Gasteiger partial charge in [0.25, 0.3) is 0 Å². The first-order chi connectivity index (χ1) is 16.6. The highest BCUT2D eigenvalue weighted by molar-refractivity contribution is 7.10. The van der Waals surface area contributed by atoms with Gasteiger partial charge in [-0.15, -0.1) is 11.3 Å². The summed E-state index contributed by atoms with van der Waals surface area (Å²) >= 11 is 1.71. The standard InChI is InChI=1S/C27H32N2O4S/c1-31-14-13-28(18-20-8-5-4-6-9-20)26(30)19-29-12-11-21-16-23(32-2)24(33-3)17-22(21)27(29)25-10-7-15-34-25/h4-10,15-17,27H,11-14,18-19H2,1-3H3/t27-/m0/s1. The highest BCUT2D eigenvalue weighted by Crippen LogP contribution is 2.42. The largest absolute Gasteiger partial charge is 0.493 e. The Hall–Kier alpha value is -2.87. The van der Waals surface area contributed by atoms with Crippen molar-refractivity contribution in [1.82, 2.24) is 9.80 Å². The van der Waals surface area contributed by atoms with Crippen molar-refractivity contribution in [1.29, 1.82) is 0 Å². The third kappa shape index (κ3) is 5.43. The van der Waals surface area contributed by atoms with Crippen LogP contribution in [0.5, 0.6) is 11.5 Å². The third-order valence-electron chi connectivity index (χ3n) is 6.26. The van der Waals surface area contributed by atoms with Crippen molar-refractivity contribution < 1.29 is 19.0 Å². The Morgan fingerprint density at radius 2 is 1.82 bits per heavy atom. The highest BCUT2D eigenvalue weighted by Gasteiger charge is 2.33. The van der Waals surface area contributed by atoms with Crippen molar-refractivity contribution in [3.05, 3.63) is 81.5 Å². The summed E-state index contributed by atoms with van der Waals surface area (Å²) in [6.07, 6.45) is 0.849. The molecule has 0 unspecified atom stereocenters. The van der Waals surface area contributed by atoms with E-state index in [1.165, 1.54) is 16.0 Å². The van der Waals surface area contributed by atoms with Gasteiger partial charge in [0.1, 0.15) is 0 Å². The monoisotopic (exact) mass is 480 g/mol. The average molecular weight is 481 g/mol. The van der Waals surface area contributed by atoms with Gasteiger partial charge in [-0.3, -0.25) is 9.69 Å². The molecule has 180 valence electrons. The molecular weight excluding hydrogens is 448 g/mol. The van der Waals surface area contributed by atoms with Gasteiger partial charge in [0.05, 0.1) is 33.4 Å². The van der Waals surface area contributed by atoms with Crippen LogP contribution < -0.4 is 9.47 Å². The summed E-state index contributed by atoms with van der Waals surface area (Å²) in [6.45, 7) is 2.77. The number of ether oxygens (including phenoxy) is 3. The maximum absolute atomic E-state index is 13.6. The molecule has 0 bridgehead atoms. The summed E-state index contributed by atoms with van der Waals surface area (Å²) in [5.74, 6) is 1.55. The second-order valence-electron chi connectivity index (χ2n) is 8.34. The fraction of sp³-hybridized carbons (Fsp3) is 0.370. The number of rotatable bonds is 10. The summed E-state index contributed by atoms with van der Waals surface area (Å²) in [6, 6.07) is 18.5. The molecule has 0 fully saturated rings. The number of fused-ring (bicyclic) bond motifs is 1. The van der Waals surface area contributed by atoms with Crippen molar-refractivity contribution in [2.75, 3.05) is 47.6 Å². The topological polar surface area (TPSA) is 51.2 Å². The molecule has 1 atom stereocenters. The Bertz CT molecular complexity index is 1070. The molecule has 1 amide bonds. The number of carbonyl (C=O) groups excluding carboxylic acids is 1. The number of amides is 1. The number of carbonyl (C=O) groups is 1. The summed E-state index contributed by atoms with van der Waals surface area (Å²) in [5, 5.41) is 2.09. The maximum atomic E-state index is 13.6. The van der Waals surface area contributed by atoms with Crippen LogP contribution in [0.2, 0.25) is 0 Å². The smallest absolute Gasteiger partial charge is 0.237 e. The Kier molecular flexibility index (Phi) is 8.21. The Morgan fingerprint density at radius 3 is 2.50 bits per heavy atom. The summed E-state index contributed by atoms with van der Waals surface area (Å²) in [7, 11) is 4.99. The fourth-order valence-corrected chi connectivity index (χ4v) is 5.40. The second-order valence-corrected chi connectivity index (χ2v) is 9.32. The summed E-state index contributed by atoms with van der Waals surface area (Å²) in [5.41, 5.74) is 3.52. The predicted octanol–water partition coefficient (Wildman–Crippen LogP) is 4.39. The van der Waals surface area contributed by atoms with Gasteiger partial charge in [0, 0.05) is 31.6 Å². The first-order valence-electron chi connectivity index (χ1n) is 11.5. The van der Waals surface area contributed by atoms with Crippen molar-refractivity contribution in [2.24, 2.45) is 0 Å². The van der Waals surface area contributed by atoms with Gasteiger partial charge in [0.2, 0.25) is 5.91 Å². The minimum Gasteiger partial charge on any atom is -0.493 e. The van der Waals surface area contributed by atoms with Crippen LogP contribution >= 0.6 is 11.3 Å². The third-order valence-corrected chi connectivity index (χ3v) is 7.18. The van der Waals surface area contributed by atoms with Crippen molar-refractivity contribution >= 4 is 17.2 Å². The van der Waals surface area contributed by atoms with Gasteiger partial charge in [-0.25, -0.2) is 0 Å². The zero-order valence-corrected chi connectivity index (χ0v) is 20.8. The minimum absolute atomic E-state index is 0.00601. The van der Waals surface area contributed by atoms with Crippen LogP contribution in [0, 0.1) is 0 Å². The quantitative estimate of drug-likeness (QED) is 0.431. The number of thiophene rings is 1. The van der Waals surface area contributed by atoms with Crippen molar-refractivity contribution in [3.63, 3.8) is 0 Å². The molecule has 7 heteroatoms. The Labute approximate surface area is 205 Å². The van der Waals surface area contributed by atoms with Gasteiger partial charge in [-0.05, 0) is 46.7 Å². The summed E-state index contributed by atoms with van der Waals surface area (Å²) in [4.78, 5) is 19.0. The molecular formula is C27H32N2O4S. The van der Waals surface area contributed by atoms with E-state index in [-0.39, 0.29) is 11.9 Å². The zero-order valence-electron chi connectivity index (χ0n) is 20.0. The number of hydrogen-bond acceptors (Lipinski definition) is 6. The fourth-order valence-electron chi connectivity index (χ4n) is 4.52. The predicted molar refractivity (Wildman–Crippen MR) is 135 cm³/mol. The highest BCUT2D eigenvalue weighted by atomic mass is 32.1. The number of methoxy groups -OCH3 is 3. The molecule has 0 saturated carbocycles. The molecule has 2 heterocycles. The second kappa shape index (κ2) is 11.5. The van der Waals surface area contributed by atoms with E-state index in [1.54, 1.807) is 32.7 Å². The molecule has 1 aliphatic heterocycles. The zero-order chi connectivity index (χ0) is 23.9. The lowest BCUT2D eigenvalue weighted by Gasteiger charge is -2.38. The van der Waals surface area contributed by atoms with Crippen LogP contribution in [-0.4, -0.2) is 63.3 Å². The van der Waals surface area contributed by atoms with Crippen LogP contribution in [0.15, 0.2) is 60.0 Å². The van der Waals surface area contributed by atoms with E-state index in [0.29, 0.717) is 32.0 Å². The average Bonchev–Trinajstić information content (AvgIpc) is 3.40. The van der Waals surface area contributed by atoms with Crippen molar-refractivity contribution in [3.8, 4) is 11.5 Å². The molecule has 0 radical (unpaired) electrons. The lowest BCUT2D eigenvalue weighted by molar-refractivity contribution is -0.134. The first-order valence-corrected chi connectivity index (χ1v) is 12.4. The molecule has 0 spiro atoms. The molecule has 0 aliphatic carbocycles. The number of nitrogens with zero attached hydrogens (tertiary/aromatic N) is 2. The molecule has 0 N–H and O–H groups in total. The molecule has 1 aliphatic rings. The van der Waals surface area contributed by atoms with Gasteiger partial charge in [-0.1, -0.05) is 36.4 Å². The van der Waals surface area contributed by atoms with E-state index in [9.17, 15) is 4.79 Å². The van der Waals surface area contributed by atoms with E-state index >= 15 is 0 Å². The molecule has 0 saturated heterocycles. The van der Waals surface area contributed by atoms with Gasteiger partial charge < -0.3 is 19.1 Å². The van der Waals surface area contributed by atoms with Gasteiger partial charge >= 0.3 is 0 Å². The van der Waals surface area contributed by atoms with Crippen LogP contribution in [0.1, 0.15) is 27.6 Å². The molecule has 6 nitrogen and oxygen atoms in total. The molecule has 4 rings (SSSR count). The van der Waals surface area contributed by atoms with E-state index < -0.39 is 0 Å². The van der Waals surface area contributed by atoms with Gasteiger partial charge in [0.15, 0.2) is 11.5 Å². The maximum Gasteiger partial charge on any atom is 0.237 e. The van der Waals surface area contributed by atoms with Crippen LogP contribution in [0.3, 0.4) is 0 Å². The van der Waals surface area contributed by atoms with Crippen LogP contribution in [-0.2, 0) is 22.5 Å².